The van der Waals surface area contributed by atoms with E-state index in [1.807, 2.05) is 0 Å². The fourth-order valence-electron chi connectivity index (χ4n) is 2.41. The van der Waals surface area contributed by atoms with Crippen molar-refractivity contribution < 1.29 is 4.79 Å². The Morgan fingerprint density at radius 1 is 1.61 bits per heavy atom. The standard InChI is InChI=1S/C13H20N4O/c1-9-3-5-17(8-11(9)7-14)12-6-10(13(15)18)2-4-16-12/h2,4,6,9,11H,3,5,7-8,14H2,1H3,(H2,15,18). The average molecular weight is 248 g/mol. The van der Waals surface area contributed by atoms with Crippen LogP contribution in [0.1, 0.15) is 23.7 Å². The maximum atomic E-state index is 11.2. The molecule has 2 rings (SSSR count). The number of anilines is 1. The van der Waals surface area contributed by atoms with E-state index in [4.69, 9.17) is 11.5 Å². The number of pyridine rings is 1. The maximum Gasteiger partial charge on any atom is 0.248 e. The molecule has 1 aliphatic heterocycles. The summed E-state index contributed by atoms with van der Waals surface area (Å²) in [6.45, 7) is 4.77. The molecule has 2 atom stereocenters. The van der Waals surface area contributed by atoms with Crippen LogP contribution in [0.2, 0.25) is 0 Å². The molecule has 2 unspecified atom stereocenters. The number of carbonyl (C=O) groups excluding carboxylic acids is 1. The lowest BCUT2D eigenvalue weighted by Gasteiger charge is -2.37. The van der Waals surface area contributed by atoms with Crippen molar-refractivity contribution in [2.45, 2.75) is 13.3 Å². The van der Waals surface area contributed by atoms with Crippen molar-refractivity contribution in [3.05, 3.63) is 23.9 Å². The summed E-state index contributed by atoms with van der Waals surface area (Å²) in [5.74, 6) is 1.53. The molecule has 0 bridgehead atoms. The van der Waals surface area contributed by atoms with Gasteiger partial charge in [0.25, 0.3) is 0 Å². The topological polar surface area (TPSA) is 85.2 Å². The molecule has 1 aromatic rings. The minimum Gasteiger partial charge on any atom is -0.366 e. The van der Waals surface area contributed by atoms with E-state index in [9.17, 15) is 4.79 Å². The second kappa shape index (κ2) is 5.35. The number of nitrogens with two attached hydrogens (primary N) is 2. The molecular weight excluding hydrogens is 228 g/mol. The number of piperidine rings is 1. The summed E-state index contributed by atoms with van der Waals surface area (Å²) >= 11 is 0. The molecule has 1 aromatic heterocycles. The molecule has 0 aromatic carbocycles. The molecule has 0 radical (unpaired) electrons. The predicted octanol–water partition coefficient (Wildman–Crippen LogP) is 0.602. The molecular formula is C13H20N4O. The maximum absolute atomic E-state index is 11.2. The van der Waals surface area contributed by atoms with E-state index in [1.165, 1.54) is 0 Å². The molecule has 5 heteroatoms. The molecule has 1 aliphatic rings. The number of primary amides is 1. The monoisotopic (exact) mass is 248 g/mol. The van der Waals surface area contributed by atoms with E-state index >= 15 is 0 Å². The van der Waals surface area contributed by atoms with Crippen LogP contribution in [0, 0.1) is 11.8 Å². The van der Waals surface area contributed by atoms with Gasteiger partial charge in [-0.15, -0.1) is 0 Å². The van der Waals surface area contributed by atoms with Crippen LogP contribution in [-0.4, -0.2) is 30.5 Å². The fourth-order valence-corrected chi connectivity index (χ4v) is 2.41. The number of nitrogens with zero attached hydrogens (tertiary/aromatic N) is 2. The van der Waals surface area contributed by atoms with Crippen LogP contribution in [0.3, 0.4) is 0 Å². The van der Waals surface area contributed by atoms with Crippen molar-refractivity contribution in [3.63, 3.8) is 0 Å². The van der Waals surface area contributed by atoms with Gasteiger partial charge in [-0.2, -0.15) is 0 Å². The van der Waals surface area contributed by atoms with E-state index < -0.39 is 5.91 Å². The second-order valence-corrected chi connectivity index (χ2v) is 4.97. The molecule has 18 heavy (non-hydrogen) atoms. The molecule has 2 heterocycles. The molecule has 0 aliphatic carbocycles. The van der Waals surface area contributed by atoms with Crippen molar-refractivity contribution in [1.29, 1.82) is 0 Å². The van der Waals surface area contributed by atoms with Crippen molar-refractivity contribution >= 4 is 11.7 Å². The summed E-state index contributed by atoms with van der Waals surface area (Å²) in [6.07, 6.45) is 2.73. The minimum atomic E-state index is -0.417. The van der Waals surface area contributed by atoms with E-state index in [0.717, 1.165) is 25.3 Å². The van der Waals surface area contributed by atoms with Crippen LogP contribution in [0.5, 0.6) is 0 Å². The Morgan fingerprint density at radius 3 is 3.06 bits per heavy atom. The first-order valence-corrected chi connectivity index (χ1v) is 6.32. The highest BCUT2D eigenvalue weighted by molar-refractivity contribution is 5.93. The van der Waals surface area contributed by atoms with Crippen molar-refractivity contribution in [2.75, 3.05) is 24.5 Å². The third-order valence-corrected chi connectivity index (χ3v) is 3.77. The van der Waals surface area contributed by atoms with Gasteiger partial charge in [0.15, 0.2) is 0 Å². The van der Waals surface area contributed by atoms with E-state index in [1.54, 1.807) is 18.3 Å². The number of carbonyl (C=O) groups is 1. The van der Waals surface area contributed by atoms with Gasteiger partial charge in [-0.3, -0.25) is 4.79 Å². The first-order valence-electron chi connectivity index (χ1n) is 6.32. The molecule has 1 saturated heterocycles. The molecule has 0 saturated carbocycles. The fraction of sp³-hybridized carbons (Fsp3) is 0.538. The van der Waals surface area contributed by atoms with Crippen LogP contribution in [0.15, 0.2) is 18.3 Å². The number of rotatable bonds is 3. The highest BCUT2D eigenvalue weighted by atomic mass is 16.1. The van der Waals surface area contributed by atoms with Gasteiger partial charge < -0.3 is 16.4 Å². The summed E-state index contributed by atoms with van der Waals surface area (Å²) < 4.78 is 0. The van der Waals surface area contributed by atoms with Gasteiger partial charge in [0, 0.05) is 24.8 Å². The van der Waals surface area contributed by atoms with E-state index in [-0.39, 0.29) is 0 Å². The van der Waals surface area contributed by atoms with Gasteiger partial charge >= 0.3 is 0 Å². The van der Waals surface area contributed by atoms with Gasteiger partial charge in [0.1, 0.15) is 5.82 Å². The highest BCUT2D eigenvalue weighted by Gasteiger charge is 2.25. The molecule has 0 spiro atoms. The van der Waals surface area contributed by atoms with E-state index in [0.29, 0.717) is 23.9 Å². The Morgan fingerprint density at radius 2 is 2.39 bits per heavy atom. The summed E-state index contributed by atoms with van der Waals surface area (Å²) in [5, 5.41) is 0. The largest absolute Gasteiger partial charge is 0.366 e. The molecule has 1 amide bonds. The van der Waals surface area contributed by atoms with Gasteiger partial charge in [0.05, 0.1) is 0 Å². The quantitative estimate of drug-likeness (QED) is 0.820. The van der Waals surface area contributed by atoms with Crippen molar-refractivity contribution in [3.8, 4) is 0 Å². The second-order valence-electron chi connectivity index (χ2n) is 4.97. The lowest BCUT2D eigenvalue weighted by molar-refractivity contribution is 0.1000. The highest BCUT2D eigenvalue weighted by Crippen LogP contribution is 2.25. The lowest BCUT2D eigenvalue weighted by atomic mass is 9.87. The Balaban J connectivity index is 2.16. The number of aromatic nitrogens is 1. The van der Waals surface area contributed by atoms with Crippen LogP contribution < -0.4 is 16.4 Å². The Bertz CT molecular complexity index is 435. The zero-order valence-corrected chi connectivity index (χ0v) is 10.7. The first-order chi connectivity index (χ1) is 8.61. The number of hydrogen-bond acceptors (Lipinski definition) is 4. The summed E-state index contributed by atoms with van der Waals surface area (Å²) in [6, 6.07) is 3.39. The summed E-state index contributed by atoms with van der Waals surface area (Å²) in [4.78, 5) is 17.7. The average Bonchev–Trinajstić information content (AvgIpc) is 2.39. The molecule has 5 nitrogen and oxygen atoms in total. The smallest absolute Gasteiger partial charge is 0.248 e. The van der Waals surface area contributed by atoms with Crippen LogP contribution >= 0.6 is 0 Å². The van der Waals surface area contributed by atoms with Gasteiger partial charge in [-0.25, -0.2) is 4.98 Å². The van der Waals surface area contributed by atoms with Gasteiger partial charge in [-0.1, -0.05) is 6.92 Å². The Labute approximate surface area is 107 Å². The van der Waals surface area contributed by atoms with Crippen molar-refractivity contribution in [2.24, 2.45) is 23.3 Å². The van der Waals surface area contributed by atoms with E-state index in [2.05, 4.69) is 16.8 Å². The molecule has 4 N–H and O–H groups in total. The van der Waals surface area contributed by atoms with Crippen LogP contribution in [-0.2, 0) is 0 Å². The lowest BCUT2D eigenvalue weighted by Crippen LogP contribution is -2.43. The first kappa shape index (κ1) is 12.8. The third-order valence-electron chi connectivity index (χ3n) is 3.77. The SMILES string of the molecule is CC1CCN(c2cc(C(N)=O)ccn2)CC1CN. The summed E-state index contributed by atoms with van der Waals surface area (Å²) in [5.41, 5.74) is 11.6. The van der Waals surface area contributed by atoms with Crippen molar-refractivity contribution in [1.82, 2.24) is 4.98 Å². The zero-order valence-electron chi connectivity index (χ0n) is 10.7. The number of hydrogen-bond donors (Lipinski definition) is 2. The number of amides is 1. The van der Waals surface area contributed by atoms with Crippen LogP contribution in [0.4, 0.5) is 5.82 Å². The molecule has 98 valence electrons. The third kappa shape index (κ3) is 2.61. The molecule has 1 fully saturated rings. The Kier molecular flexibility index (Phi) is 3.81. The summed E-state index contributed by atoms with van der Waals surface area (Å²) in [7, 11) is 0. The minimum absolute atomic E-state index is 0.417. The predicted molar refractivity (Wildman–Crippen MR) is 71.3 cm³/mol. The van der Waals surface area contributed by atoms with Gasteiger partial charge in [0.2, 0.25) is 5.91 Å². The van der Waals surface area contributed by atoms with Gasteiger partial charge in [-0.05, 0) is 36.9 Å². The normalized spacial score (nSPS) is 24.0. The Hall–Kier alpha value is -1.62. The van der Waals surface area contributed by atoms with Crippen LogP contribution in [0.25, 0.3) is 0 Å². The zero-order chi connectivity index (χ0) is 13.1.